The largest absolute Gasteiger partial charge is 0.495 e. The molecule has 0 saturated heterocycles. The summed E-state index contributed by atoms with van der Waals surface area (Å²) in [5.74, 6) is 0.573. The molecule has 0 saturated carbocycles. The fraction of sp³-hybridized carbons (Fsp3) is 0.227. The minimum Gasteiger partial charge on any atom is -0.495 e. The number of nitrogens with one attached hydrogen (secondary N) is 1. The first-order valence-electron chi connectivity index (χ1n) is 9.25. The molecule has 8 heteroatoms. The predicted octanol–water partition coefficient (Wildman–Crippen LogP) is 4.43. The Morgan fingerprint density at radius 3 is 2.63 bits per heavy atom. The molecule has 3 aromatic rings. The van der Waals surface area contributed by atoms with Gasteiger partial charge in [0.15, 0.2) is 18.3 Å². The standard InChI is InChI=1S/C22H21ClN2O5/c1-14-3-5-15(6-4-14)19-12-24-21(30-19)9-10-22(27)29-13-20(26)25-16-7-8-18(28-2)17(23)11-16/h3-8,11-12H,9-10,13H2,1-2H3,(H,25,26). The fourth-order valence-corrected chi connectivity index (χ4v) is 2.90. The van der Waals surface area contributed by atoms with Crippen molar-refractivity contribution in [2.75, 3.05) is 19.0 Å². The molecule has 0 atom stereocenters. The number of carbonyl (C=O) groups excluding carboxylic acids is 2. The van der Waals surface area contributed by atoms with E-state index in [4.69, 9.17) is 25.5 Å². The third-order valence-corrected chi connectivity index (χ3v) is 4.53. The van der Waals surface area contributed by atoms with Crippen LogP contribution in [0.15, 0.2) is 53.1 Å². The highest BCUT2D eigenvalue weighted by atomic mass is 35.5. The molecular weight excluding hydrogens is 408 g/mol. The summed E-state index contributed by atoms with van der Waals surface area (Å²) < 4.78 is 15.7. The van der Waals surface area contributed by atoms with Crippen LogP contribution in [0, 0.1) is 6.92 Å². The van der Waals surface area contributed by atoms with Gasteiger partial charge in [0.05, 0.1) is 24.8 Å². The van der Waals surface area contributed by atoms with Gasteiger partial charge in [0.2, 0.25) is 0 Å². The third kappa shape index (κ3) is 5.84. The smallest absolute Gasteiger partial charge is 0.306 e. The Kier molecular flexibility index (Phi) is 7.08. The first kappa shape index (κ1) is 21.4. The number of rotatable bonds is 8. The quantitative estimate of drug-likeness (QED) is 0.534. The van der Waals surface area contributed by atoms with Gasteiger partial charge in [0.1, 0.15) is 5.75 Å². The van der Waals surface area contributed by atoms with Crippen LogP contribution >= 0.6 is 11.6 Å². The summed E-state index contributed by atoms with van der Waals surface area (Å²) in [5.41, 5.74) is 2.54. The van der Waals surface area contributed by atoms with E-state index >= 15 is 0 Å². The zero-order valence-corrected chi connectivity index (χ0v) is 17.4. The van der Waals surface area contributed by atoms with Crippen LogP contribution < -0.4 is 10.1 Å². The Bertz CT molecular complexity index is 1030. The number of carbonyl (C=O) groups is 2. The van der Waals surface area contributed by atoms with Gasteiger partial charge in [-0.2, -0.15) is 0 Å². The van der Waals surface area contributed by atoms with E-state index in [1.54, 1.807) is 24.4 Å². The van der Waals surface area contributed by atoms with E-state index in [0.29, 0.717) is 28.1 Å². The van der Waals surface area contributed by atoms with Gasteiger partial charge in [-0.05, 0) is 25.1 Å². The van der Waals surface area contributed by atoms with Crippen molar-refractivity contribution in [3.63, 3.8) is 0 Å². The fourth-order valence-electron chi connectivity index (χ4n) is 2.65. The molecule has 0 unspecified atom stereocenters. The zero-order chi connectivity index (χ0) is 21.5. The number of nitrogens with zero attached hydrogens (tertiary/aromatic N) is 1. The van der Waals surface area contributed by atoms with Crippen LogP contribution in [0.1, 0.15) is 17.9 Å². The number of amides is 1. The van der Waals surface area contributed by atoms with Crippen LogP contribution in [0.5, 0.6) is 5.75 Å². The molecule has 0 aliphatic carbocycles. The van der Waals surface area contributed by atoms with E-state index in [1.807, 2.05) is 31.2 Å². The second-order valence-electron chi connectivity index (χ2n) is 6.54. The lowest BCUT2D eigenvalue weighted by Crippen LogP contribution is -2.21. The normalized spacial score (nSPS) is 10.5. The summed E-state index contributed by atoms with van der Waals surface area (Å²) in [6, 6.07) is 12.7. The molecule has 30 heavy (non-hydrogen) atoms. The molecule has 0 aliphatic rings. The molecule has 0 aliphatic heterocycles. The first-order chi connectivity index (χ1) is 14.4. The maximum atomic E-state index is 11.9. The molecule has 7 nitrogen and oxygen atoms in total. The lowest BCUT2D eigenvalue weighted by molar-refractivity contribution is -0.147. The van der Waals surface area contributed by atoms with Gasteiger partial charge in [-0.15, -0.1) is 0 Å². The average molecular weight is 429 g/mol. The van der Waals surface area contributed by atoms with E-state index in [1.165, 1.54) is 7.11 Å². The number of methoxy groups -OCH3 is 1. The Balaban J connectivity index is 1.43. The average Bonchev–Trinajstić information content (AvgIpc) is 3.20. The molecule has 0 fully saturated rings. The maximum Gasteiger partial charge on any atom is 0.306 e. The van der Waals surface area contributed by atoms with Gasteiger partial charge in [-0.1, -0.05) is 41.4 Å². The summed E-state index contributed by atoms with van der Waals surface area (Å²) in [7, 11) is 1.50. The van der Waals surface area contributed by atoms with Gasteiger partial charge in [-0.25, -0.2) is 4.98 Å². The minimum atomic E-state index is -0.520. The number of oxazole rings is 1. The Hall–Kier alpha value is -3.32. The molecule has 156 valence electrons. The molecule has 1 amide bonds. The lowest BCUT2D eigenvalue weighted by atomic mass is 10.1. The Morgan fingerprint density at radius 2 is 1.93 bits per heavy atom. The van der Waals surface area contributed by atoms with Crippen molar-refractivity contribution < 1.29 is 23.5 Å². The van der Waals surface area contributed by atoms with Gasteiger partial charge in [0, 0.05) is 17.7 Å². The second-order valence-corrected chi connectivity index (χ2v) is 6.95. The maximum absolute atomic E-state index is 11.9. The molecule has 0 bridgehead atoms. The van der Waals surface area contributed by atoms with E-state index in [2.05, 4.69) is 10.3 Å². The Labute approximate surface area is 179 Å². The third-order valence-electron chi connectivity index (χ3n) is 4.23. The number of hydrogen-bond donors (Lipinski definition) is 1. The zero-order valence-electron chi connectivity index (χ0n) is 16.6. The monoisotopic (exact) mass is 428 g/mol. The SMILES string of the molecule is COc1ccc(NC(=O)COC(=O)CCc2ncc(-c3ccc(C)cc3)o2)cc1Cl. The number of halogens is 1. The summed E-state index contributed by atoms with van der Waals surface area (Å²) >= 11 is 6.01. The van der Waals surface area contributed by atoms with Gasteiger partial charge < -0.3 is 19.2 Å². The highest BCUT2D eigenvalue weighted by Crippen LogP contribution is 2.27. The minimum absolute atomic E-state index is 0.0511. The highest BCUT2D eigenvalue weighted by Gasteiger charge is 2.12. The second kappa shape index (κ2) is 9.93. The number of aromatic nitrogens is 1. The Morgan fingerprint density at radius 1 is 1.17 bits per heavy atom. The van der Waals surface area contributed by atoms with Crippen molar-refractivity contribution in [2.24, 2.45) is 0 Å². The van der Waals surface area contributed by atoms with Crippen molar-refractivity contribution in [1.82, 2.24) is 4.98 Å². The van der Waals surface area contributed by atoms with Crippen molar-refractivity contribution in [2.45, 2.75) is 19.8 Å². The van der Waals surface area contributed by atoms with Crippen LogP contribution in [-0.4, -0.2) is 30.6 Å². The van der Waals surface area contributed by atoms with Gasteiger partial charge in [0.25, 0.3) is 5.91 Å². The van der Waals surface area contributed by atoms with Gasteiger partial charge >= 0.3 is 5.97 Å². The number of ether oxygens (including phenoxy) is 2. The van der Waals surface area contributed by atoms with Crippen LogP contribution in [0.25, 0.3) is 11.3 Å². The summed E-state index contributed by atoms with van der Waals surface area (Å²) in [4.78, 5) is 28.0. The van der Waals surface area contributed by atoms with E-state index in [0.717, 1.165) is 11.1 Å². The molecule has 0 spiro atoms. The van der Waals surface area contributed by atoms with Crippen LogP contribution in [0.4, 0.5) is 5.69 Å². The van der Waals surface area contributed by atoms with Crippen molar-refractivity contribution in [3.8, 4) is 17.1 Å². The molecule has 1 N–H and O–H groups in total. The predicted molar refractivity (Wildman–Crippen MR) is 113 cm³/mol. The summed E-state index contributed by atoms with van der Waals surface area (Å²) in [5, 5.41) is 2.97. The summed E-state index contributed by atoms with van der Waals surface area (Å²) in [6.45, 7) is 1.61. The highest BCUT2D eigenvalue weighted by molar-refractivity contribution is 6.32. The topological polar surface area (TPSA) is 90.7 Å². The van der Waals surface area contributed by atoms with E-state index in [9.17, 15) is 9.59 Å². The lowest BCUT2D eigenvalue weighted by Gasteiger charge is -2.08. The number of anilines is 1. The van der Waals surface area contributed by atoms with Gasteiger partial charge in [-0.3, -0.25) is 9.59 Å². The first-order valence-corrected chi connectivity index (χ1v) is 9.63. The molecule has 1 aromatic heterocycles. The van der Waals surface area contributed by atoms with Crippen LogP contribution in [0.2, 0.25) is 5.02 Å². The van der Waals surface area contributed by atoms with E-state index < -0.39 is 18.5 Å². The number of hydrogen-bond acceptors (Lipinski definition) is 6. The molecule has 1 heterocycles. The number of benzene rings is 2. The van der Waals surface area contributed by atoms with E-state index in [-0.39, 0.29) is 12.8 Å². The molecule has 3 rings (SSSR count). The van der Waals surface area contributed by atoms with Crippen LogP contribution in [0.3, 0.4) is 0 Å². The summed E-state index contributed by atoms with van der Waals surface area (Å²) in [6.07, 6.45) is 1.95. The van der Waals surface area contributed by atoms with Crippen molar-refractivity contribution in [1.29, 1.82) is 0 Å². The molecule has 2 aromatic carbocycles. The van der Waals surface area contributed by atoms with Crippen molar-refractivity contribution in [3.05, 3.63) is 65.1 Å². The number of aryl methyl sites for hydroxylation is 2. The number of esters is 1. The van der Waals surface area contributed by atoms with Crippen molar-refractivity contribution >= 4 is 29.2 Å². The van der Waals surface area contributed by atoms with Crippen LogP contribution in [-0.2, 0) is 20.7 Å². The molecule has 0 radical (unpaired) electrons. The molecular formula is C22H21ClN2O5.